The van der Waals surface area contributed by atoms with Crippen molar-refractivity contribution in [2.75, 3.05) is 13.7 Å². The van der Waals surface area contributed by atoms with Gasteiger partial charge in [-0.2, -0.15) is 0 Å². The fraction of sp³-hybridized carbons (Fsp3) is 0.579. The van der Waals surface area contributed by atoms with E-state index < -0.39 is 0 Å². The number of nitrogens with one attached hydrogen (secondary N) is 3. The molecule has 26 heavy (non-hydrogen) atoms. The van der Waals surface area contributed by atoms with Gasteiger partial charge in [-0.1, -0.05) is 26.7 Å². The number of hydrogen-bond acceptors (Lipinski definition) is 4. The number of thiocarbonyl (C=S) groups is 1. The summed E-state index contributed by atoms with van der Waals surface area (Å²) >= 11 is 5.22. The van der Waals surface area contributed by atoms with Crippen LogP contribution in [0.3, 0.4) is 0 Å². The highest BCUT2D eigenvalue weighted by molar-refractivity contribution is 7.80. The Balaban J connectivity index is 1.86. The number of carbonyl (C=O) groups excluding carboxylic acids is 1. The van der Waals surface area contributed by atoms with Gasteiger partial charge < -0.3 is 14.8 Å². The second kappa shape index (κ2) is 10.2. The number of carbonyl (C=O) groups is 1. The molecule has 0 aliphatic heterocycles. The Hall–Kier alpha value is -2.02. The Bertz CT molecular complexity index is 616. The van der Waals surface area contributed by atoms with E-state index in [0.717, 1.165) is 19.3 Å². The van der Waals surface area contributed by atoms with Crippen LogP contribution in [0.5, 0.6) is 11.5 Å². The molecule has 1 aliphatic rings. The van der Waals surface area contributed by atoms with Crippen LogP contribution in [-0.4, -0.2) is 30.8 Å². The Morgan fingerprint density at radius 1 is 1.23 bits per heavy atom. The van der Waals surface area contributed by atoms with Crippen molar-refractivity contribution in [3.05, 3.63) is 23.8 Å². The van der Waals surface area contributed by atoms with E-state index in [0.29, 0.717) is 40.7 Å². The zero-order valence-electron chi connectivity index (χ0n) is 15.8. The molecule has 1 aromatic rings. The summed E-state index contributed by atoms with van der Waals surface area (Å²) in [6, 6.07) is 5.52. The van der Waals surface area contributed by atoms with Gasteiger partial charge in [0.15, 0.2) is 16.6 Å². The monoisotopic (exact) mass is 379 g/mol. The lowest BCUT2D eigenvalue weighted by atomic mass is 10.1. The summed E-state index contributed by atoms with van der Waals surface area (Å²) < 4.78 is 11.1. The molecule has 7 heteroatoms. The Kier molecular flexibility index (Phi) is 7.97. The van der Waals surface area contributed by atoms with E-state index in [-0.39, 0.29) is 5.91 Å². The van der Waals surface area contributed by atoms with Gasteiger partial charge >= 0.3 is 0 Å². The molecule has 3 N–H and O–H groups in total. The van der Waals surface area contributed by atoms with Crippen LogP contribution in [0.4, 0.5) is 0 Å². The minimum Gasteiger partial charge on any atom is -0.493 e. The fourth-order valence-corrected chi connectivity index (χ4v) is 3.03. The highest BCUT2D eigenvalue weighted by Gasteiger charge is 2.16. The maximum absolute atomic E-state index is 12.3. The Morgan fingerprint density at radius 3 is 2.62 bits per heavy atom. The molecule has 0 spiro atoms. The van der Waals surface area contributed by atoms with Crippen LogP contribution >= 0.6 is 12.2 Å². The fourth-order valence-electron chi connectivity index (χ4n) is 2.81. The van der Waals surface area contributed by atoms with E-state index in [1.807, 2.05) is 0 Å². The molecule has 0 saturated heterocycles. The van der Waals surface area contributed by atoms with Gasteiger partial charge in [0.25, 0.3) is 5.91 Å². The molecule has 1 saturated carbocycles. The number of benzene rings is 1. The van der Waals surface area contributed by atoms with E-state index in [1.54, 1.807) is 25.3 Å². The van der Waals surface area contributed by atoms with Crippen LogP contribution < -0.4 is 25.6 Å². The number of hydrazine groups is 1. The summed E-state index contributed by atoms with van der Waals surface area (Å²) in [6.45, 7) is 4.91. The van der Waals surface area contributed by atoms with E-state index in [9.17, 15) is 4.79 Å². The minimum absolute atomic E-state index is 0.285. The quantitative estimate of drug-likeness (QED) is 0.499. The van der Waals surface area contributed by atoms with Crippen LogP contribution in [0.1, 0.15) is 56.3 Å². The average Bonchev–Trinajstić information content (AvgIpc) is 3.12. The van der Waals surface area contributed by atoms with Gasteiger partial charge in [0.05, 0.1) is 13.7 Å². The lowest BCUT2D eigenvalue weighted by molar-refractivity contribution is 0.0943. The predicted molar refractivity (Wildman–Crippen MR) is 107 cm³/mol. The zero-order valence-corrected chi connectivity index (χ0v) is 16.6. The highest BCUT2D eigenvalue weighted by Crippen LogP contribution is 2.28. The third kappa shape index (κ3) is 6.37. The van der Waals surface area contributed by atoms with Crippen LogP contribution in [0.15, 0.2) is 18.2 Å². The number of hydrogen-bond donors (Lipinski definition) is 3. The van der Waals surface area contributed by atoms with E-state index in [4.69, 9.17) is 21.7 Å². The average molecular weight is 380 g/mol. The Morgan fingerprint density at radius 2 is 1.96 bits per heavy atom. The van der Waals surface area contributed by atoms with Crippen LogP contribution in [-0.2, 0) is 0 Å². The molecule has 1 amide bonds. The maximum Gasteiger partial charge on any atom is 0.269 e. The zero-order chi connectivity index (χ0) is 18.9. The first-order chi connectivity index (χ1) is 12.5. The molecule has 1 aromatic carbocycles. The molecule has 0 radical (unpaired) electrons. The number of amides is 1. The van der Waals surface area contributed by atoms with Gasteiger partial charge in [-0.15, -0.1) is 0 Å². The summed E-state index contributed by atoms with van der Waals surface area (Å²) in [4.78, 5) is 12.3. The minimum atomic E-state index is -0.285. The molecule has 0 aromatic heterocycles. The van der Waals surface area contributed by atoms with Crippen molar-refractivity contribution in [1.82, 2.24) is 16.2 Å². The van der Waals surface area contributed by atoms with Crippen LogP contribution in [0.2, 0.25) is 0 Å². The molecule has 0 bridgehead atoms. The van der Waals surface area contributed by atoms with Crippen molar-refractivity contribution in [3.8, 4) is 11.5 Å². The smallest absolute Gasteiger partial charge is 0.269 e. The predicted octanol–water partition coefficient (Wildman–Crippen LogP) is 3.17. The molecule has 0 heterocycles. The topological polar surface area (TPSA) is 71.6 Å². The second-order valence-electron chi connectivity index (χ2n) is 6.93. The molecule has 144 valence electrons. The first kappa shape index (κ1) is 20.3. The largest absolute Gasteiger partial charge is 0.493 e. The lowest BCUT2D eigenvalue weighted by Gasteiger charge is -2.16. The SMILES string of the molecule is COc1cc(C(=O)NNC(=S)NC2CCCC2)ccc1OCCC(C)C. The van der Waals surface area contributed by atoms with E-state index in [1.165, 1.54) is 12.8 Å². The van der Waals surface area contributed by atoms with Gasteiger partial charge in [0.1, 0.15) is 0 Å². The van der Waals surface area contributed by atoms with Gasteiger partial charge in [-0.3, -0.25) is 15.6 Å². The Labute approximate surface area is 161 Å². The van der Waals surface area contributed by atoms with Gasteiger partial charge in [0, 0.05) is 11.6 Å². The standard InChI is InChI=1S/C19H29N3O3S/c1-13(2)10-11-25-16-9-8-14(12-17(16)24-3)18(23)21-22-19(26)20-15-6-4-5-7-15/h8-9,12-13,15H,4-7,10-11H2,1-3H3,(H,21,23)(H2,20,22,26). The summed E-state index contributed by atoms with van der Waals surface area (Å²) in [7, 11) is 1.56. The molecule has 1 fully saturated rings. The summed E-state index contributed by atoms with van der Waals surface area (Å²) in [6.07, 6.45) is 5.63. The normalized spacial score (nSPS) is 14.2. The molecule has 0 atom stereocenters. The molecular weight excluding hydrogens is 350 g/mol. The lowest BCUT2D eigenvalue weighted by Crippen LogP contribution is -2.49. The van der Waals surface area contributed by atoms with E-state index >= 15 is 0 Å². The first-order valence-electron chi connectivity index (χ1n) is 9.17. The molecule has 1 aliphatic carbocycles. The third-order valence-corrected chi connectivity index (χ3v) is 4.58. The van der Waals surface area contributed by atoms with Gasteiger partial charge in [-0.25, -0.2) is 0 Å². The van der Waals surface area contributed by atoms with Crippen molar-refractivity contribution >= 4 is 23.2 Å². The van der Waals surface area contributed by atoms with Crippen LogP contribution in [0, 0.1) is 5.92 Å². The molecule has 0 unspecified atom stereocenters. The van der Waals surface area contributed by atoms with Gasteiger partial charge in [-0.05, 0) is 55.6 Å². The van der Waals surface area contributed by atoms with Crippen molar-refractivity contribution in [2.45, 2.75) is 52.0 Å². The molecule has 6 nitrogen and oxygen atoms in total. The third-order valence-electron chi connectivity index (χ3n) is 4.36. The number of rotatable bonds is 7. The highest BCUT2D eigenvalue weighted by atomic mass is 32.1. The van der Waals surface area contributed by atoms with Gasteiger partial charge in [0.2, 0.25) is 0 Å². The summed E-state index contributed by atoms with van der Waals surface area (Å²) in [5.41, 5.74) is 5.83. The number of methoxy groups -OCH3 is 1. The van der Waals surface area contributed by atoms with Crippen LogP contribution in [0.25, 0.3) is 0 Å². The van der Waals surface area contributed by atoms with E-state index in [2.05, 4.69) is 30.0 Å². The van der Waals surface area contributed by atoms with Crippen molar-refractivity contribution in [1.29, 1.82) is 0 Å². The maximum atomic E-state index is 12.3. The van der Waals surface area contributed by atoms with Crippen molar-refractivity contribution < 1.29 is 14.3 Å². The van der Waals surface area contributed by atoms with Crippen molar-refractivity contribution in [2.24, 2.45) is 5.92 Å². The second-order valence-corrected chi connectivity index (χ2v) is 7.34. The molecular formula is C19H29N3O3S. The summed E-state index contributed by atoms with van der Waals surface area (Å²) in [5, 5.41) is 3.65. The number of ether oxygens (including phenoxy) is 2. The van der Waals surface area contributed by atoms with Crippen molar-refractivity contribution in [3.63, 3.8) is 0 Å². The molecule has 2 rings (SSSR count). The summed E-state index contributed by atoms with van der Waals surface area (Å²) in [5.74, 6) is 1.45. The first-order valence-corrected chi connectivity index (χ1v) is 9.58.